The summed E-state index contributed by atoms with van der Waals surface area (Å²) in [7, 11) is 0. The van der Waals surface area contributed by atoms with Crippen molar-refractivity contribution in [3.63, 3.8) is 0 Å². The molecule has 3 heteroatoms. The zero-order valence-electron chi connectivity index (χ0n) is 11.3. The van der Waals surface area contributed by atoms with E-state index in [9.17, 15) is 0 Å². The first-order chi connectivity index (χ1) is 7.76. The molecule has 2 unspecified atom stereocenters. The van der Waals surface area contributed by atoms with Crippen LogP contribution in [0.1, 0.15) is 45.4 Å². The molecular weight excluding hydrogens is 294 g/mol. The number of rotatable bonds is 5. The maximum atomic E-state index is 6.23. The SMILES string of the molecule is CC(CC(N)Cc1ccc(Br)s1)CC(C)(C)C. The molecule has 0 fully saturated rings. The molecule has 2 N–H and O–H groups in total. The van der Waals surface area contributed by atoms with Gasteiger partial charge in [-0.2, -0.15) is 0 Å². The van der Waals surface area contributed by atoms with Crippen LogP contribution >= 0.6 is 27.3 Å². The van der Waals surface area contributed by atoms with Crippen molar-refractivity contribution < 1.29 is 0 Å². The number of halogens is 1. The molecule has 0 aliphatic carbocycles. The molecule has 0 saturated heterocycles. The molecule has 1 heterocycles. The van der Waals surface area contributed by atoms with Gasteiger partial charge in [-0.05, 0) is 58.7 Å². The molecule has 1 rings (SSSR count). The van der Waals surface area contributed by atoms with E-state index in [4.69, 9.17) is 5.73 Å². The lowest BCUT2D eigenvalue weighted by molar-refractivity contribution is 0.285. The van der Waals surface area contributed by atoms with E-state index >= 15 is 0 Å². The van der Waals surface area contributed by atoms with Gasteiger partial charge in [0.2, 0.25) is 0 Å². The molecule has 1 aromatic heterocycles. The number of hydrogen-bond donors (Lipinski definition) is 1. The Morgan fingerprint density at radius 3 is 2.47 bits per heavy atom. The summed E-state index contributed by atoms with van der Waals surface area (Å²) >= 11 is 5.28. The highest BCUT2D eigenvalue weighted by Gasteiger charge is 2.17. The minimum absolute atomic E-state index is 0.290. The van der Waals surface area contributed by atoms with Gasteiger partial charge in [-0.15, -0.1) is 11.3 Å². The van der Waals surface area contributed by atoms with Gasteiger partial charge in [0, 0.05) is 10.9 Å². The topological polar surface area (TPSA) is 26.0 Å². The zero-order chi connectivity index (χ0) is 13.1. The van der Waals surface area contributed by atoms with Crippen molar-refractivity contribution >= 4 is 27.3 Å². The lowest BCUT2D eigenvalue weighted by Crippen LogP contribution is -2.26. The summed E-state index contributed by atoms with van der Waals surface area (Å²) < 4.78 is 1.20. The first kappa shape index (κ1) is 15.2. The molecule has 0 spiro atoms. The summed E-state index contributed by atoms with van der Waals surface area (Å²) in [6.07, 6.45) is 3.37. The Hall–Kier alpha value is 0.140. The van der Waals surface area contributed by atoms with Gasteiger partial charge in [0.1, 0.15) is 0 Å². The Morgan fingerprint density at radius 1 is 1.35 bits per heavy atom. The summed E-state index contributed by atoms with van der Waals surface area (Å²) in [5.41, 5.74) is 6.63. The van der Waals surface area contributed by atoms with Crippen LogP contribution in [-0.4, -0.2) is 6.04 Å². The fraction of sp³-hybridized carbons (Fsp3) is 0.714. The number of thiophene rings is 1. The van der Waals surface area contributed by atoms with E-state index < -0.39 is 0 Å². The van der Waals surface area contributed by atoms with Crippen LogP contribution in [-0.2, 0) is 6.42 Å². The van der Waals surface area contributed by atoms with Gasteiger partial charge in [-0.1, -0.05) is 27.7 Å². The predicted molar refractivity (Wildman–Crippen MR) is 81.6 cm³/mol. The van der Waals surface area contributed by atoms with Gasteiger partial charge >= 0.3 is 0 Å². The fourth-order valence-electron chi connectivity index (χ4n) is 2.45. The highest BCUT2D eigenvalue weighted by atomic mass is 79.9. The lowest BCUT2D eigenvalue weighted by Gasteiger charge is -2.25. The van der Waals surface area contributed by atoms with Crippen molar-refractivity contribution in [1.82, 2.24) is 0 Å². The maximum Gasteiger partial charge on any atom is 0.0701 e. The Bertz CT molecular complexity index is 340. The van der Waals surface area contributed by atoms with Crippen LogP contribution in [0.3, 0.4) is 0 Å². The number of nitrogens with two attached hydrogens (primary N) is 1. The third-order valence-electron chi connectivity index (χ3n) is 2.76. The van der Waals surface area contributed by atoms with Crippen molar-refractivity contribution in [3.8, 4) is 0 Å². The van der Waals surface area contributed by atoms with E-state index in [1.54, 1.807) is 11.3 Å². The van der Waals surface area contributed by atoms with E-state index in [1.165, 1.54) is 15.1 Å². The highest BCUT2D eigenvalue weighted by Crippen LogP contribution is 2.28. The van der Waals surface area contributed by atoms with Crippen molar-refractivity contribution in [2.24, 2.45) is 17.1 Å². The van der Waals surface area contributed by atoms with Crippen molar-refractivity contribution in [1.29, 1.82) is 0 Å². The molecule has 0 aliphatic heterocycles. The fourth-order valence-corrected chi connectivity index (χ4v) is 4.02. The molecule has 0 aliphatic rings. The van der Waals surface area contributed by atoms with E-state index in [-0.39, 0.29) is 6.04 Å². The molecule has 0 saturated carbocycles. The van der Waals surface area contributed by atoms with Crippen LogP contribution in [0, 0.1) is 11.3 Å². The van der Waals surface area contributed by atoms with Gasteiger partial charge in [0.15, 0.2) is 0 Å². The molecular formula is C14H24BrNS. The second-order valence-corrected chi connectivity index (χ2v) is 8.82. The lowest BCUT2D eigenvalue weighted by atomic mass is 9.82. The first-order valence-corrected chi connectivity index (χ1v) is 7.87. The van der Waals surface area contributed by atoms with Crippen LogP contribution in [0.2, 0.25) is 0 Å². The molecule has 0 radical (unpaired) electrons. The van der Waals surface area contributed by atoms with Gasteiger partial charge in [0.25, 0.3) is 0 Å². The second-order valence-electron chi connectivity index (χ2n) is 6.28. The Balaban J connectivity index is 2.36. The molecule has 0 bridgehead atoms. The molecule has 98 valence electrons. The van der Waals surface area contributed by atoms with Crippen molar-refractivity contribution in [2.45, 2.75) is 53.0 Å². The average molecular weight is 318 g/mol. The minimum Gasteiger partial charge on any atom is -0.327 e. The first-order valence-electron chi connectivity index (χ1n) is 6.26. The molecule has 1 nitrogen and oxygen atoms in total. The van der Waals surface area contributed by atoms with E-state index in [2.05, 4.69) is 55.8 Å². The summed E-state index contributed by atoms with van der Waals surface area (Å²) in [6.45, 7) is 9.21. The van der Waals surface area contributed by atoms with E-state index in [0.29, 0.717) is 11.3 Å². The number of hydrogen-bond acceptors (Lipinski definition) is 2. The van der Waals surface area contributed by atoms with Crippen molar-refractivity contribution in [2.75, 3.05) is 0 Å². The maximum absolute atomic E-state index is 6.23. The summed E-state index contributed by atoms with van der Waals surface area (Å²) in [5.74, 6) is 0.702. The molecule has 0 aromatic carbocycles. The van der Waals surface area contributed by atoms with Gasteiger partial charge in [-0.3, -0.25) is 0 Å². The van der Waals surface area contributed by atoms with Crippen LogP contribution in [0.4, 0.5) is 0 Å². The average Bonchev–Trinajstić information content (AvgIpc) is 2.46. The standard InChI is InChI=1S/C14H24BrNS/c1-10(9-14(2,3)4)7-11(16)8-12-5-6-13(15)17-12/h5-6,10-11H,7-9,16H2,1-4H3. The third kappa shape index (κ3) is 6.58. The minimum atomic E-state index is 0.290. The highest BCUT2D eigenvalue weighted by molar-refractivity contribution is 9.11. The Kier molecular flexibility index (Phi) is 5.68. The molecule has 17 heavy (non-hydrogen) atoms. The third-order valence-corrected chi connectivity index (χ3v) is 4.40. The monoisotopic (exact) mass is 317 g/mol. The van der Waals surface area contributed by atoms with Crippen LogP contribution < -0.4 is 5.73 Å². The van der Waals surface area contributed by atoms with Crippen LogP contribution in [0.15, 0.2) is 15.9 Å². The smallest absolute Gasteiger partial charge is 0.0701 e. The van der Waals surface area contributed by atoms with Gasteiger partial charge in [-0.25, -0.2) is 0 Å². The summed E-state index contributed by atoms with van der Waals surface area (Å²) in [5, 5.41) is 0. The van der Waals surface area contributed by atoms with E-state index in [0.717, 1.165) is 12.8 Å². The second kappa shape index (κ2) is 6.35. The summed E-state index contributed by atoms with van der Waals surface area (Å²) in [4.78, 5) is 1.38. The Labute approximate surface area is 118 Å². The summed E-state index contributed by atoms with van der Waals surface area (Å²) in [6, 6.07) is 4.56. The quantitative estimate of drug-likeness (QED) is 0.826. The largest absolute Gasteiger partial charge is 0.327 e. The zero-order valence-corrected chi connectivity index (χ0v) is 13.7. The Morgan fingerprint density at radius 2 is 2.00 bits per heavy atom. The van der Waals surface area contributed by atoms with Crippen molar-refractivity contribution in [3.05, 3.63) is 20.8 Å². The molecule has 0 amide bonds. The normalized spacial score (nSPS) is 15.9. The predicted octanol–water partition coefficient (Wildman–Crippen LogP) is 4.84. The van der Waals surface area contributed by atoms with Gasteiger partial charge < -0.3 is 5.73 Å². The molecule has 1 aromatic rings. The van der Waals surface area contributed by atoms with E-state index in [1.807, 2.05) is 0 Å². The van der Waals surface area contributed by atoms with Crippen LogP contribution in [0.5, 0.6) is 0 Å². The van der Waals surface area contributed by atoms with Crippen LogP contribution in [0.25, 0.3) is 0 Å². The molecule has 2 atom stereocenters. The van der Waals surface area contributed by atoms with Gasteiger partial charge in [0.05, 0.1) is 3.79 Å².